The molecule has 0 radical (unpaired) electrons. The number of likely N-dealkylation sites (N-methyl/N-ethyl adjacent to an activating group) is 1. The number of nitrogens with zero attached hydrogens (tertiary/aromatic N) is 2. The van der Waals surface area contributed by atoms with Crippen molar-refractivity contribution in [1.82, 2.24) is 14.9 Å². The van der Waals surface area contributed by atoms with E-state index >= 15 is 0 Å². The molecule has 19 heavy (non-hydrogen) atoms. The van der Waals surface area contributed by atoms with Crippen LogP contribution in [0.5, 0.6) is 0 Å². The predicted octanol–water partition coefficient (Wildman–Crippen LogP) is 1.66. The number of aromatic nitrogens is 2. The number of amides is 1. The fourth-order valence-electron chi connectivity index (χ4n) is 1.64. The molecule has 2 aromatic rings. The second kappa shape index (κ2) is 5.86. The number of benzene rings is 1. The topological polar surface area (TPSA) is 75.0 Å². The van der Waals surface area contributed by atoms with Crippen LogP contribution >= 0.6 is 0 Å². The molecular weight excluding hydrogens is 240 g/mol. The van der Waals surface area contributed by atoms with Gasteiger partial charge in [-0.3, -0.25) is 4.79 Å². The second-order valence-electron chi connectivity index (χ2n) is 4.23. The molecule has 0 bridgehead atoms. The van der Waals surface area contributed by atoms with Gasteiger partial charge < -0.3 is 15.6 Å². The number of imidazole rings is 1. The average Bonchev–Trinajstić information content (AvgIpc) is 2.89. The number of H-pyrrole nitrogens is 1. The Labute approximate surface area is 111 Å². The number of anilines is 1. The molecular formula is C14H16N4O. The van der Waals surface area contributed by atoms with E-state index in [1.165, 1.54) is 6.08 Å². The van der Waals surface area contributed by atoms with Gasteiger partial charge in [-0.1, -0.05) is 12.1 Å². The van der Waals surface area contributed by atoms with E-state index in [0.717, 1.165) is 11.4 Å². The third-order valence-corrected chi connectivity index (χ3v) is 2.65. The molecule has 0 saturated heterocycles. The number of nitrogens with one attached hydrogen (secondary N) is 1. The molecule has 5 heteroatoms. The number of hydrogen-bond donors (Lipinski definition) is 2. The van der Waals surface area contributed by atoms with Crippen molar-refractivity contribution in [3.05, 3.63) is 54.1 Å². The molecule has 1 aromatic carbocycles. The molecule has 98 valence electrons. The maximum atomic E-state index is 11.9. The van der Waals surface area contributed by atoms with Gasteiger partial charge in [0.1, 0.15) is 5.82 Å². The van der Waals surface area contributed by atoms with Crippen molar-refractivity contribution < 1.29 is 4.79 Å². The SMILES string of the molecule is CN(Cc1ncc[nH]1)C(=O)/C=C/c1cccc(N)c1. The zero-order valence-corrected chi connectivity index (χ0v) is 10.7. The zero-order valence-electron chi connectivity index (χ0n) is 10.7. The summed E-state index contributed by atoms with van der Waals surface area (Å²) in [6.07, 6.45) is 6.67. The number of carbonyl (C=O) groups is 1. The second-order valence-corrected chi connectivity index (χ2v) is 4.23. The minimum atomic E-state index is -0.0844. The van der Waals surface area contributed by atoms with E-state index in [4.69, 9.17) is 5.73 Å². The van der Waals surface area contributed by atoms with Gasteiger partial charge in [0.2, 0.25) is 5.91 Å². The largest absolute Gasteiger partial charge is 0.399 e. The number of nitrogen functional groups attached to an aromatic ring is 1. The van der Waals surface area contributed by atoms with Gasteiger partial charge in [-0.15, -0.1) is 0 Å². The van der Waals surface area contributed by atoms with E-state index < -0.39 is 0 Å². The third-order valence-electron chi connectivity index (χ3n) is 2.65. The highest BCUT2D eigenvalue weighted by atomic mass is 16.2. The molecule has 0 fully saturated rings. The van der Waals surface area contributed by atoms with Crippen molar-refractivity contribution >= 4 is 17.7 Å². The van der Waals surface area contributed by atoms with Crippen LogP contribution in [-0.4, -0.2) is 27.8 Å². The minimum Gasteiger partial charge on any atom is -0.399 e. The molecule has 1 aromatic heterocycles. The Kier molecular flexibility index (Phi) is 3.97. The summed E-state index contributed by atoms with van der Waals surface area (Å²) in [6, 6.07) is 7.37. The van der Waals surface area contributed by atoms with Gasteiger partial charge in [0.15, 0.2) is 0 Å². The Morgan fingerprint density at radius 1 is 1.53 bits per heavy atom. The lowest BCUT2D eigenvalue weighted by Crippen LogP contribution is -2.24. The van der Waals surface area contributed by atoms with Crippen molar-refractivity contribution in [2.24, 2.45) is 0 Å². The Morgan fingerprint density at radius 2 is 2.37 bits per heavy atom. The minimum absolute atomic E-state index is 0.0844. The first-order chi connectivity index (χ1) is 9.15. The Morgan fingerprint density at radius 3 is 3.05 bits per heavy atom. The lowest BCUT2D eigenvalue weighted by Gasteiger charge is -2.12. The Bertz CT molecular complexity index is 575. The summed E-state index contributed by atoms with van der Waals surface area (Å²) < 4.78 is 0. The van der Waals surface area contributed by atoms with E-state index in [2.05, 4.69) is 9.97 Å². The van der Waals surface area contributed by atoms with Crippen molar-refractivity contribution in [1.29, 1.82) is 0 Å². The first-order valence-electron chi connectivity index (χ1n) is 5.92. The highest BCUT2D eigenvalue weighted by molar-refractivity contribution is 5.91. The fourth-order valence-corrected chi connectivity index (χ4v) is 1.64. The van der Waals surface area contributed by atoms with Crippen LogP contribution in [0, 0.1) is 0 Å². The van der Waals surface area contributed by atoms with Crippen LogP contribution in [0.4, 0.5) is 5.69 Å². The van der Waals surface area contributed by atoms with Gasteiger partial charge in [-0.05, 0) is 23.8 Å². The average molecular weight is 256 g/mol. The molecule has 1 amide bonds. The first-order valence-corrected chi connectivity index (χ1v) is 5.92. The van der Waals surface area contributed by atoms with E-state index in [9.17, 15) is 4.79 Å². The van der Waals surface area contributed by atoms with Crippen molar-refractivity contribution in [2.45, 2.75) is 6.54 Å². The number of carbonyl (C=O) groups excluding carboxylic acids is 1. The molecule has 0 saturated carbocycles. The highest BCUT2D eigenvalue weighted by Gasteiger charge is 2.06. The quantitative estimate of drug-likeness (QED) is 0.645. The summed E-state index contributed by atoms with van der Waals surface area (Å²) in [5.74, 6) is 0.673. The standard InChI is InChI=1S/C14H16N4O/c1-18(10-13-16-7-8-17-13)14(19)6-5-11-3-2-4-12(15)9-11/h2-9H,10,15H2,1H3,(H,16,17)/b6-5+. The van der Waals surface area contributed by atoms with Gasteiger partial charge in [-0.25, -0.2) is 4.98 Å². The Balaban J connectivity index is 1.96. The zero-order chi connectivity index (χ0) is 13.7. The summed E-state index contributed by atoms with van der Waals surface area (Å²) in [5, 5.41) is 0. The lowest BCUT2D eigenvalue weighted by molar-refractivity contribution is -0.125. The molecule has 0 unspecified atom stereocenters. The van der Waals surface area contributed by atoms with Gasteiger partial charge in [0.25, 0.3) is 0 Å². The monoisotopic (exact) mass is 256 g/mol. The maximum absolute atomic E-state index is 11.9. The van der Waals surface area contributed by atoms with Crippen LogP contribution in [-0.2, 0) is 11.3 Å². The number of nitrogens with two attached hydrogens (primary N) is 1. The van der Waals surface area contributed by atoms with Crippen LogP contribution in [0.25, 0.3) is 6.08 Å². The molecule has 2 rings (SSSR count). The number of aromatic amines is 1. The molecule has 0 aliphatic carbocycles. The molecule has 0 aliphatic rings. The van der Waals surface area contributed by atoms with E-state index in [1.54, 1.807) is 30.4 Å². The first kappa shape index (κ1) is 12.9. The van der Waals surface area contributed by atoms with Crippen molar-refractivity contribution in [2.75, 3.05) is 12.8 Å². The van der Waals surface area contributed by atoms with Gasteiger partial charge in [0, 0.05) is 31.2 Å². The van der Waals surface area contributed by atoms with Gasteiger partial charge in [-0.2, -0.15) is 0 Å². The summed E-state index contributed by atoms with van der Waals surface area (Å²) in [5.41, 5.74) is 7.26. The fraction of sp³-hybridized carbons (Fsp3) is 0.143. The van der Waals surface area contributed by atoms with Gasteiger partial charge >= 0.3 is 0 Å². The maximum Gasteiger partial charge on any atom is 0.246 e. The summed E-state index contributed by atoms with van der Waals surface area (Å²) in [7, 11) is 1.73. The lowest BCUT2D eigenvalue weighted by atomic mass is 10.2. The molecule has 1 heterocycles. The molecule has 5 nitrogen and oxygen atoms in total. The molecule has 0 atom stereocenters. The molecule has 3 N–H and O–H groups in total. The van der Waals surface area contributed by atoms with Crippen LogP contribution in [0.3, 0.4) is 0 Å². The summed E-state index contributed by atoms with van der Waals surface area (Å²) >= 11 is 0. The van der Waals surface area contributed by atoms with Crippen LogP contribution in [0.15, 0.2) is 42.7 Å². The highest BCUT2D eigenvalue weighted by Crippen LogP contribution is 2.08. The molecule has 0 spiro atoms. The smallest absolute Gasteiger partial charge is 0.246 e. The van der Waals surface area contributed by atoms with Crippen LogP contribution in [0.1, 0.15) is 11.4 Å². The van der Waals surface area contributed by atoms with E-state index in [1.807, 2.05) is 24.3 Å². The summed E-state index contributed by atoms with van der Waals surface area (Å²) in [6.45, 7) is 0.451. The van der Waals surface area contributed by atoms with Gasteiger partial charge in [0.05, 0.1) is 6.54 Å². The van der Waals surface area contributed by atoms with Crippen molar-refractivity contribution in [3.8, 4) is 0 Å². The number of rotatable bonds is 4. The van der Waals surface area contributed by atoms with E-state index in [-0.39, 0.29) is 5.91 Å². The number of hydrogen-bond acceptors (Lipinski definition) is 3. The van der Waals surface area contributed by atoms with E-state index in [0.29, 0.717) is 12.2 Å². The van der Waals surface area contributed by atoms with Crippen LogP contribution < -0.4 is 5.73 Å². The van der Waals surface area contributed by atoms with Crippen molar-refractivity contribution in [3.63, 3.8) is 0 Å². The predicted molar refractivity (Wildman–Crippen MR) is 75.0 cm³/mol. The normalized spacial score (nSPS) is 10.8. The Hall–Kier alpha value is -2.56. The molecule has 0 aliphatic heterocycles. The third kappa shape index (κ3) is 3.70. The van der Waals surface area contributed by atoms with Crippen LogP contribution in [0.2, 0.25) is 0 Å². The summed E-state index contributed by atoms with van der Waals surface area (Å²) in [4.78, 5) is 20.5.